The average molecular weight is 655 g/mol. The van der Waals surface area contributed by atoms with Crippen LogP contribution in [-0.2, 0) is 38.4 Å². The van der Waals surface area contributed by atoms with Gasteiger partial charge in [-0.1, -0.05) is 48.5 Å². The third-order valence-corrected chi connectivity index (χ3v) is 8.28. The molecule has 2 aromatic heterocycles. The fourth-order valence-electron chi connectivity index (χ4n) is 5.56. The van der Waals surface area contributed by atoms with Crippen LogP contribution in [0.5, 0.6) is 5.75 Å². The van der Waals surface area contributed by atoms with Crippen molar-refractivity contribution in [3.8, 4) is 5.75 Å². The number of aromatic amines is 2. The van der Waals surface area contributed by atoms with E-state index in [9.17, 15) is 34.5 Å². The molecular weight excluding hydrogens is 616 g/mol. The molecule has 5 aromatic rings. The highest BCUT2D eigenvalue weighted by molar-refractivity contribution is 5.95. The van der Waals surface area contributed by atoms with Gasteiger partial charge in [-0.25, -0.2) is 4.79 Å². The monoisotopic (exact) mass is 654 g/mol. The number of phenols is 1. The van der Waals surface area contributed by atoms with Crippen molar-refractivity contribution in [2.75, 3.05) is 0 Å². The standard InChI is InChI=1S/C35H38N6O7/c1-19(42)31(36)34(46)40-29(16-22-18-38-27-9-5-3-7-25(22)27)32(44)39-28(15-21-17-37-26-8-4-2-6-24(21)26)33(45)41-30(35(47)48)14-20-10-12-23(43)13-11-20/h2-13,17-19,28-31,37-38,42-43H,14-16,36H2,1H3,(H,39,44)(H,40,46)(H,41,45)(H,47,48). The maximum atomic E-state index is 14.0. The summed E-state index contributed by atoms with van der Waals surface area (Å²) in [6.45, 7) is 1.36. The van der Waals surface area contributed by atoms with Crippen LogP contribution in [0.3, 0.4) is 0 Å². The fraction of sp³-hybridized carbons (Fsp3) is 0.257. The van der Waals surface area contributed by atoms with Crippen molar-refractivity contribution in [3.63, 3.8) is 0 Å². The zero-order valence-electron chi connectivity index (χ0n) is 26.1. The largest absolute Gasteiger partial charge is 0.508 e. The summed E-state index contributed by atoms with van der Waals surface area (Å²) in [6, 6.07) is 15.7. The number of benzene rings is 3. The highest BCUT2D eigenvalue weighted by Gasteiger charge is 2.32. The number of amides is 3. The quantitative estimate of drug-likeness (QED) is 0.0854. The van der Waals surface area contributed by atoms with Gasteiger partial charge in [-0.3, -0.25) is 14.4 Å². The van der Waals surface area contributed by atoms with E-state index in [1.807, 2.05) is 48.5 Å². The Hall–Kier alpha value is -5.66. The van der Waals surface area contributed by atoms with E-state index in [2.05, 4.69) is 25.9 Å². The molecule has 0 aliphatic heterocycles. The summed E-state index contributed by atoms with van der Waals surface area (Å²) in [6.07, 6.45) is 2.19. The number of nitrogens with one attached hydrogen (secondary N) is 5. The first-order valence-corrected chi connectivity index (χ1v) is 15.5. The lowest BCUT2D eigenvalue weighted by Crippen LogP contribution is -2.59. The molecule has 48 heavy (non-hydrogen) atoms. The van der Waals surface area contributed by atoms with Gasteiger partial charge in [0.05, 0.1) is 6.10 Å². The minimum atomic E-state index is -1.35. The number of aromatic nitrogens is 2. The summed E-state index contributed by atoms with van der Waals surface area (Å²) in [5.74, 6) is -3.50. The maximum Gasteiger partial charge on any atom is 0.326 e. The van der Waals surface area contributed by atoms with Gasteiger partial charge in [-0.05, 0) is 47.9 Å². The molecule has 0 bridgehead atoms. The lowest BCUT2D eigenvalue weighted by atomic mass is 10.0. The number of rotatable bonds is 14. The van der Waals surface area contributed by atoms with Gasteiger partial charge in [0.2, 0.25) is 17.7 Å². The van der Waals surface area contributed by atoms with Gasteiger partial charge in [-0.15, -0.1) is 0 Å². The number of aliphatic hydroxyl groups excluding tert-OH is 1. The smallest absolute Gasteiger partial charge is 0.326 e. The predicted octanol–water partition coefficient (Wildman–Crippen LogP) is 1.63. The second-order valence-electron chi connectivity index (χ2n) is 11.8. The SMILES string of the molecule is CC(O)C(N)C(=O)NC(Cc1c[nH]c2ccccc12)C(=O)NC(Cc1c[nH]c2ccccc12)C(=O)NC(Cc1ccc(O)cc1)C(=O)O. The molecule has 0 saturated heterocycles. The van der Waals surface area contributed by atoms with Gasteiger partial charge >= 0.3 is 5.97 Å². The number of nitrogens with two attached hydrogens (primary N) is 1. The number of carbonyl (C=O) groups excluding carboxylic acids is 3. The van der Waals surface area contributed by atoms with Gasteiger partial charge in [0, 0.05) is 53.5 Å². The van der Waals surface area contributed by atoms with Crippen LogP contribution in [0.1, 0.15) is 23.6 Å². The summed E-state index contributed by atoms with van der Waals surface area (Å²) < 4.78 is 0. The summed E-state index contributed by atoms with van der Waals surface area (Å²) in [7, 11) is 0. The summed E-state index contributed by atoms with van der Waals surface area (Å²) in [5.41, 5.74) is 9.50. The minimum Gasteiger partial charge on any atom is -0.508 e. The van der Waals surface area contributed by atoms with Crippen LogP contribution in [0, 0.1) is 0 Å². The van der Waals surface area contributed by atoms with Crippen molar-refractivity contribution >= 4 is 45.5 Å². The van der Waals surface area contributed by atoms with Gasteiger partial charge in [0.25, 0.3) is 0 Å². The lowest BCUT2D eigenvalue weighted by Gasteiger charge is -2.26. The number of hydrogen-bond donors (Lipinski definition) is 9. The average Bonchev–Trinajstić information content (AvgIpc) is 3.68. The molecule has 2 heterocycles. The van der Waals surface area contributed by atoms with E-state index >= 15 is 0 Å². The Morgan fingerprint density at radius 3 is 1.62 bits per heavy atom. The number of H-pyrrole nitrogens is 2. The molecule has 0 aliphatic rings. The molecule has 13 heteroatoms. The number of carboxylic acids is 1. The topological polar surface area (TPSA) is 223 Å². The molecule has 5 unspecified atom stereocenters. The number of para-hydroxylation sites is 2. The Morgan fingerprint density at radius 1 is 0.688 bits per heavy atom. The van der Waals surface area contributed by atoms with Crippen LogP contribution in [0.15, 0.2) is 85.2 Å². The third kappa shape index (κ3) is 8.00. The van der Waals surface area contributed by atoms with Gasteiger partial charge in [0.1, 0.15) is 29.9 Å². The van der Waals surface area contributed by atoms with Crippen LogP contribution in [-0.4, -0.2) is 79.2 Å². The molecule has 5 atom stereocenters. The van der Waals surface area contributed by atoms with E-state index in [-0.39, 0.29) is 25.0 Å². The normalized spacial score (nSPS) is 14.5. The minimum absolute atomic E-state index is 0.00588. The molecular formula is C35H38N6O7. The van der Waals surface area contributed by atoms with Crippen LogP contribution in [0.4, 0.5) is 0 Å². The van der Waals surface area contributed by atoms with Crippen molar-refractivity contribution in [1.82, 2.24) is 25.9 Å². The van der Waals surface area contributed by atoms with E-state index in [0.29, 0.717) is 16.7 Å². The Morgan fingerprint density at radius 2 is 1.15 bits per heavy atom. The van der Waals surface area contributed by atoms with Gasteiger partial charge in [-0.2, -0.15) is 0 Å². The number of aliphatic carboxylic acids is 1. The molecule has 3 amide bonds. The van der Waals surface area contributed by atoms with Crippen LogP contribution in [0.2, 0.25) is 0 Å². The zero-order valence-corrected chi connectivity index (χ0v) is 26.1. The molecule has 0 aliphatic carbocycles. The first-order chi connectivity index (χ1) is 23.0. The number of aromatic hydroxyl groups is 1. The number of aliphatic hydroxyl groups is 1. The van der Waals surface area contributed by atoms with Crippen molar-refractivity contribution in [3.05, 3.63) is 102 Å². The van der Waals surface area contributed by atoms with Crippen molar-refractivity contribution in [1.29, 1.82) is 0 Å². The fourth-order valence-corrected chi connectivity index (χ4v) is 5.56. The van der Waals surface area contributed by atoms with Crippen molar-refractivity contribution in [2.45, 2.75) is 56.5 Å². The maximum absolute atomic E-state index is 14.0. The van der Waals surface area contributed by atoms with Gasteiger partial charge in [0.15, 0.2) is 0 Å². The Labute approximate surface area is 275 Å². The van der Waals surface area contributed by atoms with E-state index in [1.165, 1.54) is 19.1 Å². The number of phenolic OH excluding ortho intramolecular Hbond substituents is 1. The van der Waals surface area contributed by atoms with E-state index < -0.39 is 54.0 Å². The summed E-state index contributed by atoms with van der Waals surface area (Å²) >= 11 is 0. The molecule has 3 aromatic carbocycles. The van der Waals surface area contributed by atoms with E-state index in [4.69, 9.17) is 5.73 Å². The number of carboxylic acid groups (broad SMARTS) is 1. The predicted molar refractivity (Wildman–Crippen MR) is 179 cm³/mol. The molecule has 13 nitrogen and oxygen atoms in total. The molecule has 5 rings (SSSR count). The highest BCUT2D eigenvalue weighted by Crippen LogP contribution is 2.21. The van der Waals surface area contributed by atoms with E-state index in [1.54, 1.807) is 24.5 Å². The van der Waals surface area contributed by atoms with Crippen molar-refractivity contribution < 1.29 is 34.5 Å². The third-order valence-electron chi connectivity index (χ3n) is 8.28. The van der Waals surface area contributed by atoms with Crippen LogP contribution >= 0.6 is 0 Å². The molecule has 0 radical (unpaired) electrons. The Bertz CT molecular complexity index is 1920. The molecule has 0 fully saturated rings. The first kappa shape index (κ1) is 33.7. The molecule has 250 valence electrons. The number of carbonyl (C=O) groups is 4. The summed E-state index contributed by atoms with van der Waals surface area (Å²) in [5, 5.41) is 39.1. The number of fused-ring (bicyclic) bond motifs is 2. The Kier molecular flexibility index (Phi) is 10.4. The van der Waals surface area contributed by atoms with E-state index in [0.717, 1.165) is 21.8 Å². The van der Waals surface area contributed by atoms with Crippen molar-refractivity contribution in [2.24, 2.45) is 5.73 Å². The van der Waals surface area contributed by atoms with Gasteiger partial charge < -0.3 is 47.0 Å². The number of hydrogen-bond acceptors (Lipinski definition) is 7. The highest BCUT2D eigenvalue weighted by atomic mass is 16.4. The zero-order chi connectivity index (χ0) is 34.4. The van der Waals surface area contributed by atoms with Crippen LogP contribution in [0.25, 0.3) is 21.8 Å². The first-order valence-electron chi connectivity index (χ1n) is 15.5. The second kappa shape index (κ2) is 14.8. The molecule has 0 saturated carbocycles. The Balaban J connectivity index is 1.44. The second-order valence-corrected chi connectivity index (χ2v) is 11.8. The lowest BCUT2D eigenvalue weighted by molar-refractivity contribution is -0.142. The summed E-state index contributed by atoms with van der Waals surface area (Å²) in [4.78, 5) is 59.4. The van der Waals surface area contributed by atoms with Crippen LogP contribution < -0.4 is 21.7 Å². The molecule has 0 spiro atoms. The molecule has 10 N–H and O–H groups in total.